The minimum absolute atomic E-state index is 0.340. The fourth-order valence-corrected chi connectivity index (χ4v) is 3.21. The van der Waals surface area contributed by atoms with Crippen LogP contribution in [0.15, 0.2) is 18.3 Å². The number of pyridine rings is 1. The Hall–Kier alpha value is -1.62. The van der Waals surface area contributed by atoms with Gasteiger partial charge in [-0.3, -0.25) is 9.69 Å². The number of aromatic nitrogens is 1. The molecule has 1 atom stereocenters. The van der Waals surface area contributed by atoms with Crippen molar-refractivity contribution in [3.63, 3.8) is 0 Å². The number of rotatable bonds is 5. The molecule has 0 aromatic carbocycles. The standard InChI is InChI=1S/C16H24N4O/c1-2-7-17-15-5-3-13(10-18-15)11-19-8-9-20-14(12-19)4-6-16(20)21/h3,5,10,14H,2,4,6-9,11-12H2,1H3,(H,17,18). The zero-order valence-corrected chi connectivity index (χ0v) is 12.7. The fraction of sp³-hybridized carbons (Fsp3) is 0.625. The van der Waals surface area contributed by atoms with Gasteiger partial charge in [-0.2, -0.15) is 0 Å². The van der Waals surface area contributed by atoms with E-state index in [4.69, 9.17) is 0 Å². The SMILES string of the molecule is CCCNc1ccc(CN2CCN3C(=O)CCC3C2)cn1. The Bertz CT molecular complexity index is 488. The zero-order valence-electron chi connectivity index (χ0n) is 12.7. The van der Waals surface area contributed by atoms with Gasteiger partial charge in [0.05, 0.1) is 0 Å². The molecule has 1 aromatic rings. The van der Waals surface area contributed by atoms with E-state index >= 15 is 0 Å². The Morgan fingerprint density at radius 2 is 2.29 bits per heavy atom. The van der Waals surface area contributed by atoms with Crippen molar-refractivity contribution < 1.29 is 4.79 Å². The number of piperazine rings is 1. The molecule has 0 aliphatic carbocycles. The van der Waals surface area contributed by atoms with Crippen LogP contribution >= 0.6 is 0 Å². The topological polar surface area (TPSA) is 48.5 Å². The van der Waals surface area contributed by atoms with Crippen LogP contribution in [0.4, 0.5) is 5.82 Å². The minimum Gasteiger partial charge on any atom is -0.370 e. The molecule has 2 aliphatic heterocycles. The lowest BCUT2D eigenvalue weighted by atomic mass is 10.1. The van der Waals surface area contributed by atoms with Crippen LogP contribution in [0.5, 0.6) is 0 Å². The highest BCUT2D eigenvalue weighted by Crippen LogP contribution is 2.23. The Morgan fingerprint density at radius 1 is 1.38 bits per heavy atom. The van der Waals surface area contributed by atoms with E-state index in [9.17, 15) is 4.79 Å². The molecule has 0 radical (unpaired) electrons. The number of nitrogens with zero attached hydrogens (tertiary/aromatic N) is 3. The molecule has 0 bridgehead atoms. The quantitative estimate of drug-likeness (QED) is 0.896. The maximum absolute atomic E-state index is 11.7. The lowest BCUT2D eigenvalue weighted by Gasteiger charge is -2.37. The molecule has 1 aromatic heterocycles. The zero-order chi connectivity index (χ0) is 14.7. The molecular weight excluding hydrogens is 264 g/mol. The molecule has 1 N–H and O–H groups in total. The maximum Gasteiger partial charge on any atom is 0.222 e. The number of hydrogen-bond acceptors (Lipinski definition) is 4. The van der Waals surface area contributed by atoms with Gasteiger partial charge in [0.1, 0.15) is 5.82 Å². The van der Waals surface area contributed by atoms with E-state index < -0.39 is 0 Å². The number of carbonyl (C=O) groups is 1. The van der Waals surface area contributed by atoms with Gasteiger partial charge in [-0.05, 0) is 24.5 Å². The first-order chi connectivity index (χ1) is 10.3. The molecule has 1 unspecified atom stereocenters. The molecule has 114 valence electrons. The molecule has 21 heavy (non-hydrogen) atoms. The van der Waals surface area contributed by atoms with Crippen LogP contribution in [-0.4, -0.2) is 52.9 Å². The molecule has 3 rings (SSSR count). The molecule has 5 heteroatoms. The second kappa shape index (κ2) is 6.43. The predicted octanol–water partition coefficient (Wildman–Crippen LogP) is 1.71. The lowest BCUT2D eigenvalue weighted by molar-refractivity contribution is -0.130. The van der Waals surface area contributed by atoms with Crippen molar-refractivity contribution >= 4 is 11.7 Å². The van der Waals surface area contributed by atoms with Gasteiger partial charge in [-0.1, -0.05) is 13.0 Å². The highest BCUT2D eigenvalue weighted by Gasteiger charge is 2.35. The molecule has 2 fully saturated rings. The molecule has 5 nitrogen and oxygen atoms in total. The van der Waals surface area contributed by atoms with Gasteiger partial charge < -0.3 is 10.2 Å². The number of amides is 1. The van der Waals surface area contributed by atoms with Crippen LogP contribution in [0.2, 0.25) is 0 Å². The second-order valence-corrected chi connectivity index (χ2v) is 5.99. The summed E-state index contributed by atoms with van der Waals surface area (Å²) in [6.07, 6.45) is 4.82. The number of nitrogens with one attached hydrogen (secondary N) is 1. The summed E-state index contributed by atoms with van der Waals surface area (Å²) < 4.78 is 0. The second-order valence-electron chi connectivity index (χ2n) is 5.99. The van der Waals surface area contributed by atoms with E-state index in [1.165, 1.54) is 5.56 Å². The van der Waals surface area contributed by atoms with Crippen LogP contribution in [0.25, 0.3) is 0 Å². The van der Waals surface area contributed by atoms with Crippen LogP contribution in [0, 0.1) is 0 Å². The predicted molar refractivity (Wildman–Crippen MR) is 83.0 cm³/mol. The third-order valence-electron chi connectivity index (χ3n) is 4.37. The van der Waals surface area contributed by atoms with E-state index in [-0.39, 0.29) is 0 Å². The van der Waals surface area contributed by atoms with Gasteiger partial charge in [0.15, 0.2) is 0 Å². The molecule has 2 saturated heterocycles. The van der Waals surface area contributed by atoms with Gasteiger partial charge in [0.2, 0.25) is 5.91 Å². The Labute approximate surface area is 126 Å². The first kappa shape index (κ1) is 14.3. The van der Waals surface area contributed by atoms with Gasteiger partial charge >= 0.3 is 0 Å². The van der Waals surface area contributed by atoms with Crippen molar-refractivity contribution in [2.75, 3.05) is 31.5 Å². The van der Waals surface area contributed by atoms with Crippen LogP contribution < -0.4 is 5.32 Å². The van der Waals surface area contributed by atoms with Crippen molar-refractivity contribution in [2.24, 2.45) is 0 Å². The number of anilines is 1. The smallest absolute Gasteiger partial charge is 0.222 e. The summed E-state index contributed by atoms with van der Waals surface area (Å²) >= 11 is 0. The van der Waals surface area contributed by atoms with Gasteiger partial charge in [0, 0.05) is 51.4 Å². The number of fused-ring (bicyclic) bond motifs is 1. The summed E-state index contributed by atoms with van der Waals surface area (Å²) in [6, 6.07) is 4.64. The molecule has 0 spiro atoms. The third-order valence-corrected chi connectivity index (χ3v) is 4.37. The van der Waals surface area contributed by atoms with Crippen LogP contribution in [0.1, 0.15) is 31.7 Å². The largest absolute Gasteiger partial charge is 0.370 e. The van der Waals surface area contributed by atoms with Crippen molar-refractivity contribution in [1.29, 1.82) is 0 Å². The molecule has 0 saturated carbocycles. The average Bonchev–Trinajstić information content (AvgIpc) is 2.87. The van der Waals surface area contributed by atoms with Crippen LogP contribution in [-0.2, 0) is 11.3 Å². The number of hydrogen-bond donors (Lipinski definition) is 1. The first-order valence-electron chi connectivity index (χ1n) is 7.97. The van der Waals surface area contributed by atoms with E-state index in [0.717, 1.165) is 57.8 Å². The first-order valence-corrected chi connectivity index (χ1v) is 7.97. The minimum atomic E-state index is 0.340. The van der Waals surface area contributed by atoms with Gasteiger partial charge in [-0.25, -0.2) is 4.98 Å². The third kappa shape index (κ3) is 3.35. The molecule has 1 amide bonds. The Morgan fingerprint density at radius 3 is 3.05 bits per heavy atom. The van der Waals surface area contributed by atoms with Crippen molar-refractivity contribution in [2.45, 2.75) is 38.8 Å². The lowest BCUT2D eigenvalue weighted by Crippen LogP contribution is -2.50. The van der Waals surface area contributed by atoms with E-state index in [2.05, 4.69) is 39.2 Å². The summed E-state index contributed by atoms with van der Waals surface area (Å²) in [4.78, 5) is 20.6. The highest BCUT2D eigenvalue weighted by molar-refractivity contribution is 5.78. The molecular formula is C16H24N4O. The van der Waals surface area contributed by atoms with E-state index in [1.807, 2.05) is 6.20 Å². The summed E-state index contributed by atoms with van der Waals surface area (Å²) in [5.41, 5.74) is 1.25. The summed E-state index contributed by atoms with van der Waals surface area (Å²) in [7, 11) is 0. The van der Waals surface area contributed by atoms with Gasteiger partial charge in [-0.15, -0.1) is 0 Å². The van der Waals surface area contributed by atoms with Crippen molar-refractivity contribution in [3.05, 3.63) is 23.9 Å². The molecule has 2 aliphatic rings. The normalized spacial score (nSPS) is 22.4. The number of carbonyl (C=O) groups excluding carboxylic acids is 1. The van der Waals surface area contributed by atoms with Crippen molar-refractivity contribution in [1.82, 2.24) is 14.8 Å². The summed E-state index contributed by atoms with van der Waals surface area (Å²) in [5, 5.41) is 3.29. The van der Waals surface area contributed by atoms with E-state index in [0.29, 0.717) is 11.9 Å². The summed E-state index contributed by atoms with van der Waals surface area (Å²) in [6.45, 7) is 6.89. The Kier molecular flexibility index (Phi) is 4.39. The molecule has 3 heterocycles. The van der Waals surface area contributed by atoms with Crippen LogP contribution in [0.3, 0.4) is 0 Å². The fourth-order valence-electron chi connectivity index (χ4n) is 3.21. The Balaban J connectivity index is 1.53. The average molecular weight is 288 g/mol. The van der Waals surface area contributed by atoms with E-state index in [1.54, 1.807) is 0 Å². The highest BCUT2D eigenvalue weighted by atomic mass is 16.2. The van der Waals surface area contributed by atoms with Gasteiger partial charge in [0.25, 0.3) is 0 Å². The summed E-state index contributed by atoms with van der Waals surface area (Å²) in [5.74, 6) is 1.29. The monoisotopic (exact) mass is 288 g/mol. The van der Waals surface area contributed by atoms with Crippen molar-refractivity contribution in [3.8, 4) is 0 Å². The maximum atomic E-state index is 11.7.